The van der Waals surface area contributed by atoms with Crippen LogP contribution in [-0.4, -0.2) is 5.91 Å². The van der Waals surface area contributed by atoms with Crippen LogP contribution in [0, 0.1) is 6.92 Å². The highest BCUT2D eigenvalue weighted by Crippen LogP contribution is 2.32. The van der Waals surface area contributed by atoms with Crippen LogP contribution in [0.25, 0.3) is 0 Å². The highest BCUT2D eigenvalue weighted by Gasteiger charge is 2.35. The maximum Gasteiger partial charge on any atom is 0.247 e. The number of halogens is 1. The molecule has 0 spiro atoms. The number of rotatable bonds is 4. The number of benzene rings is 2. The number of nitrogens with one attached hydrogen (secondary N) is 1. The molecule has 2 rings (SSSR count). The molecule has 0 aliphatic heterocycles. The van der Waals surface area contributed by atoms with Crippen LogP contribution in [0.15, 0.2) is 48.5 Å². The fourth-order valence-corrected chi connectivity index (χ4v) is 2.44. The normalized spacial score (nSPS) is 13.6. The van der Waals surface area contributed by atoms with E-state index in [0.29, 0.717) is 10.6 Å². The third-order valence-corrected chi connectivity index (χ3v) is 3.76. The van der Waals surface area contributed by atoms with Gasteiger partial charge in [0.1, 0.15) is 5.54 Å². The van der Waals surface area contributed by atoms with Gasteiger partial charge in [0, 0.05) is 16.3 Å². The second kappa shape index (κ2) is 5.55. The van der Waals surface area contributed by atoms with E-state index in [1.165, 1.54) is 0 Å². The Morgan fingerprint density at radius 2 is 1.75 bits per heavy atom. The van der Waals surface area contributed by atoms with Gasteiger partial charge in [0.15, 0.2) is 0 Å². The predicted octanol–water partition coefficient (Wildman–Crippen LogP) is 3.46. The molecule has 0 aromatic heterocycles. The highest BCUT2D eigenvalue weighted by atomic mass is 35.5. The average molecular weight is 289 g/mol. The molecule has 1 unspecified atom stereocenters. The van der Waals surface area contributed by atoms with Gasteiger partial charge in [-0.2, -0.15) is 0 Å². The Morgan fingerprint density at radius 1 is 1.15 bits per heavy atom. The minimum atomic E-state index is -1.07. The van der Waals surface area contributed by atoms with Gasteiger partial charge in [0.05, 0.1) is 0 Å². The zero-order valence-corrected chi connectivity index (χ0v) is 12.2. The molecule has 0 fully saturated rings. The number of anilines is 1. The molecule has 0 saturated heterocycles. The number of carbonyl (C=O) groups excluding carboxylic acids is 1. The van der Waals surface area contributed by atoms with Crippen LogP contribution in [0.2, 0.25) is 5.02 Å². The summed E-state index contributed by atoms with van der Waals surface area (Å²) in [6, 6.07) is 14.9. The maximum absolute atomic E-state index is 12.0. The molecular weight excluding hydrogens is 272 g/mol. The Bertz CT molecular complexity index is 642. The molecule has 0 heterocycles. The number of hydrogen-bond acceptors (Lipinski definition) is 2. The number of hydrogen-bond donors (Lipinski definition) is 2. The van der Waals surface area contributed by atoms with Gasteiger partial charge in [-0.05, 0) is 31.5 Å². The van der Waals surface area contributed by atoms with Crippen molar-refractivity contribution in [2.24, 2.45) is 5.73 Å². The van der Waals surface area contributed by atoms with E-state index >= 15 is 0 Å². The van der Waals surface area contributed by atoms with E-state index in [-0.39, 0.29) is 0 Å². The van der Waals surface area contributed by atoms with Gasteiger partial charge < -0.3 is 11.1 Å². The first-order valence-corrected chi connectivity index (χ1v) is 6.71. The SMILES string of the molecule is Cc1ccccc1NC(C)(C(N)=O)c1ccccc1Cl. The van der Waals surface area contributed by atoms with Crippen molar-refractivity contribution in [3.63, 3.8) is 0 Å². The summed E-state index contributed by atoms with van der Waals surface area (Å²) >= 11 is 6.21. The summed E-state index contributed by atoms with van der Waals surface area (Å²) in [5.41, 5.74) is 7.10. The third-order valence-electron chi connectivity index (χ3n) is 3.44. The van der Waals surface area contributed by atoms with E-state index in [1.54, 1.807) is 19.1 Å². The summed E-state index contributed by atoms with van der Waals surface area (Å²) in [6.07, 6.45) is 0. The van der Waals surface area contributed by atoms with E-state index < -0.39 is 11.4 Å². The average Bonchev–Trinajstić information content (AvgIpc) is 2.41. The van der Waals surface area contributed by atoms with Crippen LogP contribution in [0.1, 0.15) is 18.1 Å². The first-order valence-electron chi connectivity index (χ1n) is 6.34. The summed E-state index contributed by atoms with van der Waals surface area (Å²) in [5.74, 6) is -0.478. The molecule has 0 radical (unpaired) electrons. The van der Waals surface area contributed by atoms with E-state index in [1.807, 2.05) is 43.3 Å². The highest BCUT2D eigenvalue weighted by molar-refractivity contribution is 6.31. The van der Waals surface area contributed by atoms with E-state index in [2.05, 4.69) is 5.32 Å². The van der Waals surface area contributed by atoms with Crippen LogP contribution < -0.4 is 11.1 Å². The molecule has 3 N–H and O–H groups in total. The largest absolute Gasteiger partial charge is 0.368 e. The molecule has 1 amide bonds. The van der Waals surface area contributed by atoms with Crippen molar-refractivity contribution in [2.45, 2.75) is 19.4 Å². The van der Waals surface area contributed by atoms with Crippen LogP contribution >= 0.6 is 11.6 Å². The Kier molecular flexibility index (Phi) is 4.00. The zero-order chi connectivity index (χ0) is 14.8. The fraction of sp³-hybridized carbons (Fsp3) is 0.188. The van der Waals surface area contributed by atoms with E-state index in [0.717, 1.165) is 11.3 Å². The molecule has 4 heteroatoms. The van der Waals surface area contributed by atoms with Crippen molar-refractivity contribution in [2.75, 3.05) is 5.32 Å². The van der Waals surface area contributed by atoms with Gasteiger partial charge in [0.2, 0.25) is 5.91 Å². The molecule has 104 valence electrons. The Hall–Kier alpha value is -2.00. The van der Waals surface area contributed by atoms with Gasteiger partial charge in [0.25, 0.3) is 0 Å². The molecule has 20 heavy (non-hydrogen) atoms. The summed E-state index contributed by atoms with van der Waals surface area (Å²) in [7, 11) is 0. The number of nitrogens with two attached hydrogens (primary N) is 1. The summed E-state index contributed by atoms with van der Waals surface area (Å²) in [4.78, 5) is 12.0. The van der Waals surface area contributed by atoms with Crippen molar-refractivity contribution in [1.29, 1.82) is 0 Å². The minimum absolute atomic E-state index is 0.478. The van der Waals surface area contributed by atoms with Crippen LogP contribution in [0.4, 0.5) is 5.69 Å². The fourth-order valence-electron chi connectivity index (χ4n) is 2.11. The molecule has 3 nitrogen and oxygen atoms in total. The summed E-state index contributed by atoms with van der Waals surface area (Å²) in [5, 5.41) is 3.73. The number of aryl methyl sites for hydroxylation is 1. The molecular formula is C16H17ClN2O. The molecule has 0 bridgehead atoms. The monoisotopic (exact) mass is 288 g/mol. The number of amides is 1. The lowest BCUT2D eigenvalue weighted by atomic mass is 9.90. The molecule has 2 aromatic rings. The van der Waals surface area contributed by atoms with Gasteiger partial charge in [-0.25, -0.2) is 0 Å². The van der Waals surface area contributed by atoms with E-state index in [9.17, 15) is 4.79 Å². The van der Waals surface area contributed by atoms with Crippen molar-refractivity contribution in [1.82, 2.24) is 0 Å². The van der Waals surface area contributed by atoms with Crippen molar-refractivity contribution < 1.29 is 4.79 Å². The zero-order valence-electron chi connectivity index (χ0n) is 11.5. The lowest BCUT2D eigenvalue weighted by Crippen LogP contribution is -2.45. The first-order chi connectivity index (χ1) is 9.45. The van der Waals surface area contributed by atoms with Crippen LogP contribution in [0.5, 0.6) is 0 Å². The Morgan fingerprint density at radius 3 is 2.35 bits per heavy atom. The van der Waals surface area contributed by atoms with E-state index in [4.69, 9.17) is 17.3 Å². The van der Waals surface area contributed by atoms with Crippen molar-refractivity contribution in [3.05, 3.63) is 64.7 Å². The summed E-state index contributed by atoms with van der Waals surface area (Å²) in [6.45, 7) is 3.71. The molecule has 0 aliphatic rings. The quantitative estimate of drug-likeness (QED) is 0.905. The molecule has 0 saturated carbocycles. The second-order valence-electron chi connectivity index (χ2n) is 4.91. The maximum atomic E-state index is 12.0. The van der Waals surface area contributed by atoms with Crippen molar-refractivity contribution >= 4 is 23.2 Å². The Labute approximate surface area is 123 Å². The van der Waals surface area contributed by atoms with Gasteiger partial charge >= 0.3 is 0 Å². The second-order valence-corrected chi connectivity index (χ2v) is 5.32. The first kappa shape index (κ1) is 14.4. The lowest BCUT2D eigenvalue weighted by Gasteiger charge is -2.30. The predicted molar refractivity (Wildman–Crippen MR) is 82.8 cm³/mol. The van der Waals surface area contributed by atoms with Crippen LogP contribution in [-0.2, 0) is 10.3 Å². The number of primary amides is 1. The molecule has 2 aromatic carbocycles. The topological polar surface area (TPSA) is 55.1 Å². The van der Waals surface area contributed by atoms with Crippen LogP contribution in [0.3, 0.4) is 0 Å². The van der Waals surface area contributed by atoms with Crippen molar-refractivity contribution in [3.8, 4) is 0 Å². The summed E-state index contributed by atoms with van der Waals surface area (Å²) < 4.78 is 0. The minimum Gasteiger partial charge on any atom is -0.368 e. The van der Waals surface area contributed by atoms with Gasteiger partial charge in [-0.15, -0.1) is 0 Å². The Balaban J connectivity index is 2.49. The lowest BCUT2D eigenvalue weighted by molar-refractivity contribution is -0.122. The molecule has 1 atom stereocenters. The molecule has 0 aliphatic carbocycles. The van der Waals surface area contributed by atoms with Gasteiger partial charge in [-0.3, -0.25) is 4.79 Å². The number of carbonyl (C=O) groups is 1. The standard InChI is InChI=1S/C16H17ClN2O/c1-11-7-3-6-10-14(11)19-16(2,15(18)20)12-8-4-5-9-13(12)17/h3-10,19H,1-2H3,(H2,18,20). The van der Waals surface area contributed by atoms with Gasteiger partial charge in [-0.1, -0.05) is 48.0 Å². The third kappa shape index (κ3) is 2.63. The number of para-hydroxylation sites is 1. The smallest absolute Gasteiger partial charge is 0.247 e.